The second-order valence-electron chi connectivity index (χ2n) is 11.2. The summed E-state index contributed by atoms with van der Waals surface area (Å²) in [4.78, 5) is 30.5. The van der Waals surface area contributed by atoms with Crippen molar-refractivity contribution < 1.29 is 24.5 Å². The van der Waals surface area contributed by atoms with Gasteiger partial charge in [0, 0.05) is 18.0 Å². The Bertz CT molecular complexity index is 977. The van der Waals surface area contributed by atoms with Crippen LogP contribution in [0.25, 0.3) is 6.08 Å². The number of cyclic esters (lactones) is 1. The number of rotatable bonds is 2. The average Bonchev–Trinajstić information content (AvgIpc) is 3.55. The van der Waals surface area contributed by atoms with Gasteiger partial charge in [-0.05, 0) is 68.7 Å². The summed E-state index contributed by atoms with van der Waals surface area (Å²) in [6, 6.07) is 3.93. The van der Waals surface area contributed by atoms with Crippen molar-refractivity contribution in [3.63, 3.8) is 0 Å². The zero-order valence-electron chi connectivity index (χ0n) is 22.0. The van der Waals surface area contributed by atoms with Crippen molar-refractivity contribution in [2.75, 3.05) is 0 Å². The Hall–Kier alpha value is -2.31. The molecule has 6 heteroatoms. The van der Waals surface area contributed by atoms with Gasteiger partial charge in [0.2, 0.25) is 0 Å². The van der Waals surface area contributed by atoms with Crippen LogP contribution in [0.2, 0.25) is 0 Å². The number of nitrogens with zero attached hydrogens (tertiary/aromatic N) is 1. The number of aromatic nitrogens is 1. The number of carbonyl (C=O) groups excluding carboxylic acids is 2. The molecule has 1 aliphatic carbocycles. The van der Waals surface area contributed by atoms with Crippen molar-refractivity contribution in [1.29, 1.82) is 0 Å². The maximum Gasteiger partial charge on any atom is 0.309 e. The molecule has 0 spiro atoms. The minimum absolute atomic E-state index is 0.0301. The van der Waals surface area contributed by atoms with Crippen LogP contribution in [0, 0.1) is 30.1 Å². The van der Waals surface area contributed by atoms with Crippen molar-refractivity contribution >= 4 is 17.8 Å². The summed E-state index contributed by atoms with van der Waals surface area (Å²) in [5, 5.41) is 21.7. The second kappa shape index (κ2) is 11.2. The van der Waals surface area contributed by atoms with E-state index in [2.05, 4.69) is 11.1 Å². The Morgan fingerprint density at radius 2 is 1.91 bits per heavy atom. The van der Waals surface area contributed by atoms with Crippen LogP contribution in [0.1, 0.15) is 78.0 Å². The molecule has 2 heterocycles. The number of aryl methyl sites for hydroxylation is 1. The standard InChI is InChI=1S/C29H41NO5/c1-17-10-11-23(30-16-17)12-19(3)24-14-22-13-21(22)9-7-8-18(2)27(33)20(4)28(34)29(5,6)25(31)15-26(32)35-24/h10-13,16,18,20,22,24-25,27,31,33H,7-9,14-15H2,1-6H3/b19-12+/t18-,20+,22-,24+,25-,27-/m0/s1. The molecule has 6 atom stereocenters. The molecule has 6 nitrogen and oxygen atoms in total. The van der Waals surface area contributed by atoms with Crippen LogP contribution < -0.4 is 0 Å². The molecule has 0 saturated carbocycles. The molecule has 192 valence electrons. The van der Waals surface area contributed by atoms with E-state index < -0.39 is 35.6 Å². The van der Waals surface area contributed by atoms with Crippen LogP contribution in [-0.2, 0) is 14.3 Å². The number of fused-ring (bicyclic) bond motifs is 1. The largest absolute Gasteiger partial charge is 0.458 e. The maximum atomic E-state index is 13.2. The first kappa shape index (κ1) is 27.3. The van der Waals surface area contributed by atoms with Crippen LogP contribution >= 0.6 is 0 Å². The highest BCUT2D eigenvalue weighted by atomic mass is 16.5. The fraction of sp³-hybridized carbons (Fsp3) is 0.621. The molecule has 2 aliphatic rings. The van der Waals surface area contributed by atoms with E-state index in [1.54, 1.807) is 27.0 Å². The van der Waals surface area contributed by atoms with Gasteiger partial charge in [-0.1, -0.05) is 45.4 Å². The molecule has 0 unspecified atom stereocenters. The predicted molar refractivity (Wildman–Crippen MR) is 136 cm³/mol. The van der Waals surface area contributed by atoms with Gasteiger partial charge >= 0.3 is 5.97 Å². The summed E-state index contributed by atoms with van der Waals surface area (Å²) in [5.74, 6) is -1.16. The first-order chi connectivity index (χ1) is 16.4. The maximum absolute atomic E-state index is 13.2. The van der Waals surface area contributed by atoms with E-state index in [-0.39, 0.29) is 24.0 Å². The van der Waals surface area contributed by atoms with Crippen LogP contribution in [-0.4, -0.2) is 45.3 Å². The Kier molecular flexibility index (Phi) is 8.71. The number of aliphatic hydroxyl groups excluding tert-OH is 2. The topological polar surface area (TPSA) is 96.7 Å². The Balaban J connectivity index is 1.82. The van der Waals surface area contributed by atoms with E-state index in [0.29, 0.717) is 6.42 Å². The highest BCUT2D eigenvalue weighted by molar-refractivity contribution is 5.88. The molecule has 0 amide bonds. The lowest BCUT2D eigenvalue weighted by Gasteiger charge is -2.34. The smallest absolute Gasteiger partial charge is 0.309 e. The lowest BCUT2D eigenvalue weighted by molar-refractivity contribution is -0.154. The highest BCUT2D eigenvalue weighted by Gasteiger charge is 2.42. The highest BCUT2D eigenvalue weighted by Crippen LogP contribution is 2.40. The molecule has 1 aromatic rings. The lowest BCUT2D eigenvalue weighted by atomic mass is 9.73. The zero-order valence-corrected chi connectivity index (χ0v) is 22.0. The summed E-state index contributed by atoms with van der Waals surface area (Å²) in [6.07, 6.45) is 6.59. The summed E-state index contributed by atoms with van der Waals surface area (Å²) in [5.41, 5.74) is 2.93. The molecule has 1 fully saturated rings. The third-order valence-electron chi connectivity index (χ3n) is 7.80. The number of allylic oxidation sites excluding steroid dienone is 2. The SMILES string of the molecule is C/C(=C\c1ccc(C)cn1)[C@H]1C[C@@H]2C=C2CCC[C@H](C)[C@H](O)[C@@H](C)C(=O)C(C)(C)[C@@H](O)CC(=O)O1. The minimum Gasteiger partial charge on any atom is -0.458 e. The second-order valence-corrected chi connectivity index (χ2v) is 11.2. The van der Waals surface area contributed by atoms with Gasteiger partial charge in [0.1, 0.15) is 11.9 Å². The van der Waals surface area contributed by atoms with E-state index in [1.165, 1.54) is 5.57 Å². The predicted octanol–water partition coefficient (Wildman–Crippen LogP) is 4.81. The molecule has 1 aliphatic heterocycles. The number of ketones is 1. The lowest BCUT2D eigenvalue weighted by Crippen LogP contribution is -2.45. The van der Waals surface area contributed by atoms with Crippen LogP contribution in [0.3, 0.4) is 0 Å². The van der Waals surface area contributed by atoms with E-state index >= 15 is 0 Å². The van der Waals surface area contributed by atoms with Gasteiger partial charge in [0.15, 0.2) is 0 Å². The molecule has 0 bridgehead atoms. The van der Waals surface area contributed by atoms with Gasteiger partial charge < -0.3 is 14.9 Å². The van der Waals surface area contributed by atoms with Crippen LogP contribution in [0.4, 0.5) is 0 Å². The van der Waals surface area contributed by atoms with E-state index in [1.807, 2.05) is 39.0 Å². The molecule has 2 N–H and O–H groups in total. The monoisotopic (exact) mass is 483 g/mol. The number of Topliss-reactive ketones (excluding diaryl/α,β-unsaturated/α-hetero) is 1. The van der Waals surface area contributed by atoms with Gasteiger partial charge in [-0.15, -0.1) is 0 Å². The zero-order chi connectivity index (χ0) is 25.9. The summed E-state index contributed by atoms with van der Waals surface area (Å²) >= 11 is 0. The summed E-state index contributed by atoms with van der Waals surface area (Å²) < 4.78 is 5.88. The summed E-state index contributed by atoms with van der Waals surface area (Å²) in [6.45, 7) is 10.9. The van der Waals surface area contributed by atoms with E-state index in [9.17, 15) is 19.8 Å². The molecule has 1 saturated heterocycles. The first-order valence-corrected chi connectivity index (χ1v) is 12.8. The molecule has 1 aromatic heterocycles. The van der Waals surface area contributed by atoms with Crippen LogP contribution in [0.5, 0.6) is 0 Å². The Morgan fingerprint density at radius 3 is 2.57 bits per heavy atom. The van der Waals surface area contributed by atoms with Gasteiger partial charge in [-0.3, -0.25) is 14.6 Å². The third-order valence-corrected chi connectivity index (χ3v) is 7.80. The fourth-order valence-corrected chi connectivity index (χ4v) is 4.96. The molecule has 0 radical (unpaired) electrons. The van der Waals surface area contributed by atoms with Crippen molar-refractivity contribution in [2.24, 2.45) is 23.2 Å². The average molecular weight is 484 g/mol. The van der Waals surface area contributed by atoms with E-state index in [0.717, 1.165) is 36.1 Å². The normalized spacial score (nSPS) is 32.9. The van der Waals surface area contributed by atoms with Gasteiger partial charge in [-0.25, -0.2) is 0 Å². The fourth-order valence-electron chi connectivity index (χ4n) is 4.96. The number of esters is 1. The van der Waals surface area contributed by atoms with Crippen molar-refractivity contribution in [2.45, 2.75) is 92.0 Å². The van der Waals surface area contributed by atoms with Gasteiger partial charge in [-0.2, -0.15) is 0 Å². The number of ether oxygens (including phenoxy) is 1. The number of pyridine rings is 1. The Morgan fingerprint density at radius 1 is 1.20 bits per heavy atom. The Labute approximate surface area is 209 Å². The number of hydrogen-bond donors (Lipinski definition) is 2. The number of carbonyl (C=O) groups is 2. The van der Waals surface area contributed by atoms with Crippen molar-refractivity contribution in [1.82, 2.24) is 4.98 Å². The molecule has 3 rings (SSSR count). The molecular formula is C29H41NO5. The first-order valence-electron chi connectivity index (χ1n) is 12.8. The van der Waals surface area contributed by atoms with Gasteiger partial charge in [0.05, 0.1) is 29.7 Å². The van der Waals surface area contributed by atoms with Gasteiger partial charge in [0.25, 0.3) is 0 Å². The molecule has 35 heavy (non-hydrogen) atoms. The third kappa shape index (κ3) is 6.89. The minimum atomic E-state index is -1.21. The van der Waals surface area contributed by atoms with Crippen LogP contribution in [0.15, 0.2) is 35.6 Å². The quantitative estimate of drug-likeness (QED) is 0.463. The summed E-state index contributed by atoms with van der Waals surface area (Å²) in [7, 11) is 0. The van der Waals surface area contributed by atoms with Crippen molar-refractivity contribution in [3.8, 4) is 0 Å². The molecular weight excluding hydrogens is 442 g/mol. The number of hydrogen-bond acceptors (Lipinski definition) is 6. The molecule has 0 aromatic carbocycles. The number of aliphatic hydroxyl groups is 2. The van der Waals surface area contributed by atoms with E-state index in [4.69, 9.17) is 4.74 Å². The van der Waals surface area contributed by atoms with Crippen molar-refractivity contribution in [3.05, 3.63) is 46.8 Å².